The minimum Gasteiger partial charge on any atom is -0.378 e. The van der Waals surface area contributed by atoms with Crippen LogP contribution in [-0.4, -0.2) is 45.5 Å². The second-order valence-electron chi connectivity index (χ2n) is 6.13. The average molecular weight is 326 g/mol. The Kier molecular flexibility index (Phi) is 5.83. The Morgan fingerprint density at radius 3 is 2.64 bits per heavy atom. The molecule has 2 rings (SSSR count). The van der Waals surface area contributed by atoms with E-state index in [9.17, 15) is 8.42 Å². The van der Waals surface area contributed by atoms with Gasteiger partial charge in [0.1, 0.15) is 0 Å². The number of benzene rings is 1. The van der Waals surface area contributed by atoms with Crippen molar-refractivity contribution in [2.24, 2.45) is 0 Å². The Balaban J connectivity index is 1.89. The minimum absolute atomic E-state index is 0.0153. The zero-order valence-corrected chi connectivity index (χ0v) is 14.3. The van der Waals surface area contributed by atoms with Gasteiger partial charge < -0.3 is 9.64 Å². The fourth-order valence-corrected chi connectivity index (χ4v) is 3.91. The summed E-state index contributed by atoms with van der Waals surface area (Å²) in [5.74, 6) is 0.0153. The second-order valence-corrected chi connectivity index (χ2v) is 8.00. The van der Waals surface area contributed by atoms with Crippen LogP contribution < -0.4 is 9.62 Å². The van der Waals surface area contributed by atoms with Crippen LogP contribution in [0.15, 0.2) is 30.3 Å². The molecule has 0 aliphatic carbocycles. The number of rotatable bonds is 7. The summed E-state index contributed by atoms with van der Waals surface area (Å²) in [6.45, 7) is 6.86. The molecule has 0 radical (unpaired) electrons. The lowest BCUT2D eigenvalue weighted by molar-refractivity contribution is 0.0911. The van der Waals surface area contributed by atoms with Crippen molar-refractivity contribution in [3.05, 3.63) is 30.3 Å². The van der Waals surface area contributed by atoms with E-state index in [4.69, 9.17) is 4.74 Å². The van der Waals surface area contributed by atoms with E-state index < -0.39 is 10.0 Å². The maximum absolute atomic E-state index is 12.1. The molecule has 2 atom stereocenters. The van der Waals surface area contributed by atoms with Crippen LogP contribution in [-0.2, 0) is 14.8 Å². The van der Waals surface area contributed by atoms with Crippen LogP contribution in [0.1, 0.15) is 27.2 Å². The summed E-state index contributed by atoms with van der Waals surface area (Å²) in [5, 5.41) is 0. The van der Waals surface area contributed by atoms with Crippen molar-refractivity contribution in [2.75, 3.05) is 23.8 Å². The lowest BCUT2D eigenvalue weighted by Gasteiger charge is -2.23. The van der Waals surface area contributed by atoms with E-state index in [1.807, 2.05) is 32.0 Å². The molecule has 0 saturated carbocycles. The lowest BCUT2D eigenvalue weighted by Crippen LogP contribution is -2.39. The molecule has 0 aromatic heterocycles. The van der Waals surface area contributed by atoms with Gasteiger partial charge in [-0.15, -0.1) is 0 Å². The molecule has 124 valence electrons. The number of ether oxygens (including phenoxy) is 1. The van der Waals surface area contributed by atoms with E-state index >= 15 is 0 Å². The first-order valence-electron chi connectivity index (χ1n) is 7.80. The van der Waals surface area contributed by atoms with Gasteiger partial charge in [-0.1, -0.05) is 18.2 Å². The monoisotopic (exact) mass is 326 g/mol. The first-order chi connectivity index (χ1) is 10.4. The third-order valence-corrected chi connectivity index (χ3v) is 5.21. The number of sulfonamides is 1. The highest BCUT2D eigenvalue weighted by molar-refractivity contribution is 7.89. The van der Waals surface area contributed by atoms with E-state index in [1.165, 1.54) is 0 Å². The topological polar surface area (TPSA) is 58.6 Å². The summed E-state index contributed by atoms with van der Waals surface area (Å²) in [6, 6.07) is 10.4. The minimum atomic E-state index is -3.29. The van der Waals surface area contributed by atoms with Gasteiger partial charge in [0.05, 0.1) is 18.5 Å². The van der Waals surface area contributed by atoms with Crippen LogP contribution in [0.4, 0.5) is 5.69 Å². The standard InChI is InChI=1S/C16H26N2O3S/c1-13(2)21-9-10-22(19,20)17-15-11-14(3)18(12-15)16-7-5-4-6-8-16/h4-8,13-15,17H,9-12H2,1-3H3. The molecule has 1 aliphatic heterocycles. The van der Waals surface area contributed by atoms with Crippen molar-refractivity contribution >= 4 is 15.7 Å². The second kappa shape index (κ2) is 7.44. The van der Waals surface area contributed by atoms with Crippen LogP contribution >= 0.6 is 0 Å². The van der Waals surface area contributed by atoms with Gasteiger partial charge >= 0.3 is 0 Å². The average Bonchev–Trinajstić information content (AvgIpc) is 2.79. The summed E-state index contributed by atoms with van der Waals surface area (Å²) < 4.78 is 32.4. The molecule has 6 heteroatoms. The maximum atomic E-state index is 12.1. The van der Waals surface area contributed by atoms with Crippen LogP contribution in [0, 0.1) is 0 Å². The number of hydrogen-bond acceptors (Lipinski definition) is 4. The molecular weight excluding hydrogens is 300 g/mol. The molecule has 5 nitrogen and oxygen atoms in total. The van der Waals surface area contributed by atoms with E-state index in [1.54, 1.807) is 0 Å². The number of anilines is 1. The van der Waals surface area contributed by atoms with Crippen molar-refractivity contribution in [1.82, 2.24) is 4.72 Å². The molecule has 1 aliphatic rings. The number of nitrogens with zero attached hydrogens (tertiary/aromatic N) is 1. The van der Waals surface area contributed by atoms with Gasteiger partial charge in [-0.25, -0.2) is 13.1 Å². The van der Waals surface area contributed by atoms with E-state index in [-0.39, 0.29) is 24.5 Å². The SMILES string of the molecule is CC(C)OCCS(=O)(=O)NC1CC(C)N(c2ccccc2)C1. The van der Waals surface area contributed by atoms with Crippen LogP contribution in [0.2, 0.25) is 0 Å². The molecule has 1 aromatic carbocycles. The molecular formula is C16H26N2O3S. The molecule has 1 fully saturated rings. The Labute approximate surface area is 133 Å². The van der Waals surface area contributed by atoms with Crippen molar-refractivity contribution < 1.29 is 13.2 Å². The Morgan fingerprint density at radius 1 is 1.32 bits per heavy atom. The fourth-order valence-electron chi connectivity index (χ4n) is 2.80. The van der Waals surface area contributed by atoms with Gasteiger partial charge in [0.25, 0.3) is 0 Å². The van der Waals surface area contributed by atoms with E-state index in [2.05, 4.69) is 28.7 Å². The lowest BCUT2D eigenvalue weighted by atomic mass is 10.2. The smallest absolute Gasteiger partial charge is 0.214 e. The molecule has 1 heterocycles. The highest BCUT2D eigenvalue weighted by Crippen LogP contribution is 2.25. The van der Waals surface area contributed by atoms with Crippen molar-refractivity contribution in [1.29, 1.82) is 0 Å². The first kappa shape index (κ1) is 17.2. The summed E-state index contributed by atoms with van der Waals surface area (Å²) >= 11 is 0. The molecule has 0 spiro atoms. The van der Waals surface area contributed by atoms with Gasteiger partial charge in [0.2, 0.25) is 10.0 Å². The summed E-state index contributed by atoms with van der Waals surface area (Å²) in [4.78, 5) is 2.25. The fraction of sp³-hybridized carbons (Fsp3) is 0.625. The van der Waals surface area contributed by atoms with Crippen LogP contribution in [0.5, 0.6) is 0 Å². The Hall–Kier alpha value is -1.11. The third kappa shape index (κ3) is 4.97. The molecule has 2 unspecified atom stereocenters. The van der Waals surface area contributed by atoms with Crippen molar-refractivity contribution in [2.45, 2.75) is 45.4 Å². The highest BCUT2D eigenvalue weighted by Gasteiger charge is 2.31. The normalized spacial score (nSPS) is 22.5. The third-order valence-electron chi connectivity index (χ3n) is 3.81. The molecule has 1 aromatic rings. The summed E-state index contributed by atoms with van der Waals surface area (Å²) in [5.41, 5.74) is 1.14. The molecule has 0 amide bonds. The quantitative estimate of drug-likeness (QED) is 0.832. The van der Waals surface area contributed by atoms with Gasteiger partial charge in [0.15, 0.2) is 0 Å². The highest BCUT2D eigenvalue weighted by atomic mass is 32.2. The van der Waals surface area contributed by atoms with E-state index in [0.29, 0.717) is 12.6 Å². The molecule has 1 saturated heterocycles. The first-order valence-corrected chi connectivity index (χ1v) is 9.46. The zero-order valence-electron chi connectivity index (χ0n) is 13.5. The van der Waals surface area contributed by atoms with Crippen molar-refractivity contribution in [3.63, 3.8) is 0 Å². The van der Waals surface area contributed by atoms with Crippen LogP contribution in [0.3, 0.4) is 0 Å². The van der Waals surface area contributed by atoms with Gasteiger partial charge in [-0.05, 0) is 39.3 Å². The number of hydrogen-bond donors (Lipinski definition) is 1. The predicted octanol–water partition coefficient (Wildman–Crippen LogP) is 2.00. The molecule has 1 N–H and O–H groups in total. The summed E-state index contributed by atoms with van der Waals surface area (Å²) in [7, 11) is -3.29. The van der Waals surface area contributed by atoms with Gasteiger partial charge in [0, 0.05) is 24.3 Å². The van der Waals surface area contributed by atoms with E-state index in [0.717, 1.165) is 12.1 Å². The predicted molar refractivity (Wildman–Crippen MR) is 89.7 cm³/mol. The summed E-state index contributed by atoms with van der Waals surface area (Å²) in [6.07, 6.45) is 0.870. The molecule has 0 bridgehead atoms. The van der Waals surface area contributed by atoms with Crippen molar-refractivity contribution in [3.8, 4) is 0 Å². The number of nitrogens with one attached hydrogen (secondary N) is 1. The Morgan fingerprint density at radius 2 is 2.00 bits per heavy atom. The largest absolute Gasteiger partial charge is 0.378 e. The zero-order chi connectivity index (χ0) is 16.2. The molecule has 22 heavy (non-hydrogen) atoms. The van der Waals surface area contributed by atoms with Crippen LogP contribution in [0.25, 0.3) is 0 Å². The number of para-hydroxylation sites is 1. The van der Waals surface area contributed by atoms with Gasteiger partial charge in [-0.2, -0.15) is 0 Å². The van der Waals surface area contributed by atoms with Gasteiger partial charge in [-0.3, -0.25) is 0 Å². The Bertz CT molecular complexity index is 560. The maximum Gasteiger partial charge on any atom is 0.214 e.